The number of nitrogens with zero attached hydrogens (tertiary/aromatic N) is 2. The van der Waals surface area contributed by atoms with E-state index in [9.17, 15) is 14.0 Å². The van der Waals surface area contributed by atoms with Crippen molar-refractivity contribution in [1.82, 2.24) is 15.1 Å². The number of aromatic nitrogens is 2. The molecule has 0 bridgehead atoms. The lowest BCUT2D eigenvalue weighted by Crippen LogP contribution is -2.49. The van der Waals surface area contributed by atoms with E-state index in [0.717, 1.165) is 38.5 Å². The summed E-state index contributed by atoms with van der Waals surface area (Å²) in [6, 6.07) is 5.14. The minimum absolute atomic E-state index is 0.00209. The summed E-state index contributed by atoms with van der Waals surface area (Å²) in [5, 5.41) is 9.61. The van der Waals surface area contributed by atoms with E-state index in [-0.39, 0.29) is 29.1 Å². The molecule has 1 unspecified atom stereocenters. The first-order valence-electron chi connectivity index (χ1n) is 10.1. The molecule has 29 heavy (non-hydrogen) atoms. The molecule has 156 valence electrons. The lowest BCUT2D eigenvalue weighted by atomic mass is 9.85. The Bertz CT molecular complexity index is 859. The number of benzene rings is 1. The van der Waals surface area contributed by atoms with Gasteiger partial charge in [-0.2, -0.15) is 5.10 Å². The van der Waals surface area contributed by atoms with Crippen molar-refractivity contribution in [2.24, 2.45) is 13.0 Å². The fourth-order valence-electron chi connectivity index (χ4n) is 3.89. The Labute approximate surface area is 169 Å². The minimum Gasteiger partial charge on any atom is -0.395 e. The highest BCUT2D eigenvalue weighted by Crippen LogP contribution is 2.27. The zero-order valence-corrected chi connectivity index (χ0v) is 16.7. The predicted molar refractivity (Wildman–Crippen MR) is 110 cm³/mol. The van der Waals surface area contributed by atoms with Crippen LogP contribution in [0.2, 0.25) is 0 Å². The average molecular weight is 401 g/mol. The van der Waals surface area contributed by atoms with Crippen molar-refractivity contribution in [3.05, 3.63) is 42.0 Å². The zero-order chi connectivity index (χ0) is 20.8. The van der Waals surface area contributed by atoms with Crippen molar-refractivity contribution in [2.45, 2.75) is 51.0 Å². The van der Waals surface area contributed by atoms with Crippen LogP contribution in [0.5, 0.6) is 0 Å². The Morgan fingerprint density at radius 3 is 2.52 bits per heavy atom. The number of rotatable bonds is 5. The smallest absolute Gasteiger partial charge is 0.270 e. The maximum atomic E-state index is 13.8. The number of nitrogens with two attached hydrogens (primary N) is 1. The Balaban J connectivity index is 1.82. The molecular weight excluding hydrogens is 373 g/mol. The highest BCUT2D eigenvalue weighted by Gasteiger charge is 2.31. The van der Waals surface area contributed by atoms with Crippen LogP contribution >= 0.6 is 0 Å². The molecule has 1 aromatic heterocycles. The van der Waals surface area contributed by atoms with Crippen LogP contribution in [0.4, 0.5) is 15.8 Å². The molecule has 1 aliphatic rings. The van der Waals surface area contributed by atoms with Crippen molar-refractivity contribution >= 4 is 23.2 Å². The second-order valence-corrected chi connectivity index (χ2v) is 7.59. The van der Waals surface area contributed by atoms with Gasteiger partial charge in [-0.25, -0.2) is 4.39 Å². The third kappa shape index (κ3) is 5.13. The largest absolute Gasteiger partial charge is 0.395 e. The number of para-hydroxylation sites is 1. The Morgan fingerprint density at radius 2 is 1.86 bits per heavy atom. The number of nitrogen functional groups attached to an aromatic ring is 1. The maximum absolute atomic E-state index is 13.8. The van der Waals surface area contributed by atoms with Crippen molar-refractivity contribution in [3.63, 3.8) is 0 Å². The first kappa shape index (κ1) is 20.8. The number of amides is 2. The maximum Gasteiger partial charge on any atom is 0.270 e. The van der Waals surface area contributed by atoms with Gasteiger partial charge in [0, 0.05) is 13.2 Å². The van der Waals surface area contributed by atoms with E-state index in [1.807, 2.05) is 0 Å². The average Bonchev–Trinajstić information content (AvgIpc) is 3.10. The molecule has 1 heterocycles. The summed E-state index contributed by atoms with van der Waals surface area (Å²) in [5.41, 5.74) is 6.23. The molecule has 4 N–H and O–H groups in total. The summed E-state index contributed by atoms with van der Waals surface area (Å²) in [7, 11) is 1.67. The van der Waals surface area contributed by atoms with Gasteiger partial charge in [-0.3, -0.25) is 14.3 Å². The Morgan fingerprint density at radius 1 is 1.17 bits per heavy atom. The molecule has 7 nitrogen and oxygen atoms in total. The van der Waals surface area contributed by atoms with Crippen LogP contribution in [0.25, 0.3) is 0 Å². The quantitative estimate of drug-likeness (QED) is 0.669. The second-order valence-electron chi connectivity index (χ2n) is 7.59. The highest BCUT2D eigenvalue weighted by molar-refractivity contribution is 6.01. The van der Waals surface area contributed by atoms with E-state index < -0.39 is 11.9 Å². The molecule has 0 radical (unpaired) electrons. The number of anilines is 2. The molecule has 1 aromatic carbocycles. The van der Waals surface area contributed by atoms with Gasteiger partial charge in [0.25, 0.3) is 5.91 Å². The summed E-state index contributed by atoms with van der Waals surface area (Å²) in [6.45, 7) is 0. The molecule has 1 fully saturated rings. The monoisotopic (exact) mass is 401 g/mol. The van der Waals surface area contributed by atoms with Gasteiger partial charge >= 0.3 is 0 Å². The van der Waals surface area contributed by atoms with E-state index in [4.69, 9.17) is 5.73 Å². The molecule has 8 heteroatoms. The van der Waals surface area contributed by atoms with Gasteiger partial charge in [-0.05, 0) is 37.0 Å². The third-order valence-electron chi connectivity index (χ3n) is 5.55. The van der Waals surface area contributed by atoms with Crippen molar-refractivity contribution in [2.75, 3.05) is 11.1 Å². The SMILES string of the molecule is Cn1nccc1C(=O)NC(C(=O)Nc1cccc(F)c1N)C1CCCCCCC1. The number of aryl methyl sites for hydroxylation is 1. The molecule has 2 amide bonds. The molecule has 0 saturated heterocycles. The number of carbonyl (C=O) groups is 2. The number of halogens is 1. The number of hydrogen-bond acceptors (Lipinski definition) is 4. The molecule has 3 rings (SSSR count). The lowest BCUT2D eigenvalue weighted by molar-refractivity contribution is -0.119. The standard InChI is InChI=1S/C21H28FN5O2/c1-27-17(12-13-24-27)20(28)26-19(14-8-5-3-2-4-6-9-14)21(29)25-16-11-7-10-15(22)18(16)23/h7,10-14,19H,2-6,8-9,23H2,1H3,(H,25,29)(H,26,28). The number of hydrogen-bond donors (Lipinski definition) is 3. The van der Waals surface area contributed by atoms with Gasteiger partial charge < -0.3 is 16.4 Å². The molecular formula is C21H28FN5O2. The molecule has 0 aliphatic heterocycles. The highest BCUT2D eigenvalue weighted by atomic mass is 19.1. The van der Waals surface area contributed by atoms with Crippen molar-refractivity contribution in [3.8, 4) is 0 Å². The fraction of sp³-hybridized carbons (Fsp3) is 0.476. The topological polar surface area (TPSA) is 102 Å². The minimum atomic E-state index is -0.738. The Hall–Kier alpha value is -2.90. The Kier molecular flexibility index (Phi) is 6.85. The van der Waals surface area contributed by atoms with Crippen molar-refractivity contribution in [1.29, 1.82) is 0 Å². The fourth-order valence-corrected chi connectivity index (χ4v) is 3.89. The summed E-state index contributed by atoms with van der Waals surface area (Å²) in [4.78, 5) is 25.9. The molecule has 2 aromatic rings. The molecule has 1 saturated carbocycles. The first-order chi connectivity index (χ1) is 14.0. The number of carbonyl (C=O) groups excluding carboxylic acids is 2. The zero-order valence-electron chi connectivity index (χ0n) is 16.7. The van der Waals surface area contributed by atoms with E-state index >= 15 is 0 Å². The van der Waals surface area contributed by atoms with Crippen LogP contribution in [0.3, 0.4) is 0 Å². The number of nitrogens with one attached hydrogen (secondary N) is 2. The van der Waals surface area contributed by atoms with E-state index in [1.54, 1.807) is 19.2 Å². The first-order valence-corrected chi connectivity index (χ1v) is 10.1. The van der Waals surface area contributed by atoms with Crippen LogP contribution in [0.15, 0.2) is 30.5 Å². The van der Waals surface area contributed by atoms with Gasteiger partial charge in [0.2, 0.25) is 5.91 Å². The summed E-state index contributed by atoms with van der Waals surface area (Å²) in [6.07, 6.45) is 8.70. The van der Waals surface area contributed by atoms with Crippen LogP contribution in [0, 0.1) is 11.7 Å². The van der Waals surface area contributed by atoms with Crippen LogP contribution in [-0.4, -0.2) is 27.6 Å². The molecule has 0 spiro atoms. The predicted octanol–water partition coefficient (Wildman–Crippen LogP) is 3.24. The van der Waals surface area contributed by atoms with Gasteiger partial charge in [0.1, 0.15) is 17.6 Å². The van der Waals surface area contributed by atoms with E-state index in [1.165, 1.54) is 29.4 Å². The van der Waals surface area contributed by atoms with Gasteiger partial charge in [0.15, 0.2) is 0 Å². The van der Waals surface area contributed by atoms with Gasteiger partial charge in [-0.1, -0.05) is 38.2 Å². The molecule has 1 atom stereocenters. The van der Waals surface area contributed by atoms with E-state index in [2.05, 4.69) is 15.7 Å². The normalized spacial score (nSPS) is 16.5. The summed E-state index contributed by atoms with van der Waals surface area (Å²) < 4.78 is 15.2. The molecule has 1 aliphatic carbocycles. The summed E-state index contributed by atoms with van der Waals surface area (Å²) >= 11 is 0. The summed E-state index contributed by atoms with van der Waals surface area (Å²) in [5.74, 6) is -1.34. The lowest BCUT2D eigenvalue weighted by Gasteiger charge is -2.29. The van der Waals surface area contributed by atoms with Crippen LogP contribution in [-0.2, 0) is 11.8 Å². The van der Waals surface area contributed by atoms with Crippen LogP contribution in [0.1, 0.15) is 55.4 Å². The van der Waals surface area contributed by atoms with Gasteiger partial charge in [-0.15, -0.1) is 0 Å². The van der Waals surface area contributed by atoms with Crippen molar-refractivity contribution < 1.29 is 14.0 Å². The van der Waals surface area contributed by atoms with Gasteiger partial charge in [0.05, 0.1) is 11.4 Å². The van der Waals surface area contributed by atoms with E-state index in [0.29, 0.717) is 5.69 Å². The van der Waals surface area contributed by atoms with Crippen LogP contribution < -0.4 is 16.4 Å². The second kappa shape index (κ2) is 9.54. The third-order valence-corrected chi connectivity index (χ3v) is 5.55.